The number of nitrogens with zero attached hydrogens (tertiary/aromatic N) is 3. The van der Waals surface area contributed by atoms with Gasteiger partial charge in [-0.3, -0.25) is 0 Å². The standard InChI is InChI=1S/C7H6N3O/c1-6-7(8-5-11-6)10-4-2-3-9-10/h2,4-5H,1H3. The van der Waals surface area contributed by atoms with E-state index < -0.39 is 0 Å². The molecule has 55 valence electrons. The summed E-state index contributed by atoms with van der Waals surface area (Å²) in [4.78, 5) is 3.97. The van der Waals surface area contributed by atoms with Crippen LogP contribution in [0.4, 0.5) is 0 Å². The van der Waals surface area contributed by atoms with Crippen molar-refractivity contribution in [3.63, 3.8) is 0 Å². The zero-order valence-electron chi connectivity index (χ0n) is 5.98. The van der Waals surface area contributed by atoms with Crippen molar-refractivity contribution in [1.29, 1.82) is 0 Å². The number of hydrogen-bond acceptors (Lipinski definition) is 3. The van der Waals surface area contributed by atoms with Crippen LogP contribution in [0, 0.1) is 13.1 Å². The first-order valence-corrected chi connectivity index (χ1v) is 3.20. The molecule has 0 saturated heterocycles. The summed E-state index contributed by atoms with van der Waals surface area (Å²) in [6, 6.07) is 1.72. The predicted molar refractivity (Wildman–Crippen MR) is 37.2 cm³/mol. The van der Waals surface area contributed by atoms with Crippen LogP contribution < -0.4 is 0 Å². The molecule has 2 heterocycles. The lowest BCUT2D eigenvalue weighted by molar-refractivity contribution is 0.525. The van der Waals surface area contributed by atoms with Gasteiger partial charge in [0.05, 0.1) is 0 Å². The molecule has 0 atom stereocenters. The number of aryl methyl sites for hydroxylation is 1. The maximum Gasteiger partial charge on any atom is 0.195 e. The Kier molecular flexibility index (Phi) is 1.25. The Hall–Kier alpha value is -1.58. The molecule has 4 heteroatoms. The highest BCUT2D eigenvalue weighted by Crippen LogP contribution is 2.08. The Balaban J connectivity index is 2.53. The molecule has 0 aliphatic rings. The van der Waals surface area contributed by atoms with Gasteiger partial charge in [0, 0.05) is 6.20 Å². The Morgan fingerprint density at radius 1 is 1.64 bits per heavy atom. The van der Waals surface area contributed by atoms with Gasteiger partial charge in [-0.25, -0.2) is 4.68 Å². The quantitative estimate of drug-likeness (QED) is 0.605. The molecule has 0 saturated carbocycles. The fraction of sp³-hybridized carbons (Fsp3) is 0.143. The molecule has 0 bridgehead atoms. The van der Waals surface area contributed by atoms with Crippen LogP contribution in [0.1, 0.15) is 5.76 Å². The summed E-state index contributed by atoms with van der Waals surface area (Å²) in [5.41, 5.74) is 0. The van der Waals surface area contributed by atoms with E-state index >= 15 is 0 Å². The fourth-order valence-electron chi connectivity index (χ4n) is 0.870. The monoisotopic (exact) mass is 148 g/mol. The largest absolute Gasteiger partial charge is 0.446 e. The van der Waals surface area contributed by atoms with Gasteiger partial charge < -0.3 is 4.42 Å². The molecule has 0 aliphatic carbocycles. The molecule has 2 rings (SSSR count). The predicted octanol–water partition coefficient (Wildman–Crippen LogP) is 0.969. The lowest BCUT2D eigenvalue weighted by Gasteiger charge is -1.93. The van der Waals surface area contributed by atoms with Gasteiger partial charge in [0.1, 0.15) is 12.0 Å². The molecule has 2 aromatic rings. The molecular weight excluding hydrogens is 142 g/mol. The van der Waals surface area contributed by atoms with Gasteiger partial charge in [-0.1, -0.05) is 0 Å². The second-order valence-electron chi connectivity index (χ2n) is 2.12. The maximum atomic E-state index is 5.00. The number of rotatable bonds is 1. The summed E-state index contributed by atoms with van der Waals surface area (Å²) in [6.45, 7) is 1.84. The van der Waals surface area contributed by atoms with E-state index in [0.29, 0.717) is 5.82 Å². The highest BCUT2D eigenvalue weighted by atomic mass is 16.3. The molecule has 0 aromatic carbocycles. The zero-order valence-corrected chi connectivity index (χ0v) is 5.98. The summed E-state index contributed by atoms with van der Waals surface area (Å²) in [7, 11) is 0. The van der Waals surface area contributed by atoms with Crippen molar-refractivity contribution in [3.8, 4) is 5.82 Å². The lowest BCUT2D eigenvalue weighted by Crippen LogP contribution is -1.95. The molecule has 2 aromatic heterocycles. The first kappa shape index (κ1) is 6.15. The van der Waals surface area contributed by atoms with Crippen LogP contribution >= 0.6 is 0 Å². The summed E-state index contributed by atoms with van der Waals surface area (Å²) >= 11 is 0. The van der Waals surface area contributed by atoms with E-state index in [0.717, 1.165) is 5.76 Å². The van der Waals surface area contributed by atoms with Gasteiger partial charge >= 0.3 is 0 Å². The normalized spacial score (nSPS) is 10.3. The number of aromatic nitrogens is 3. The van der Waals surface area contributed by atoms with Crippen molar-refractivity contribution < 1.29 is 4.42 Å². The van der Waals surface area contributed by atoms with Crippen LogP contribution in [0.2, 0.25) is 0 Å². The summed E-state index contributed by atoms with van der Waals surface area (Å²) in [5, 5.41) is 3.89. The third-order valence-electron chi connectivity index (χ3n) is 1.39. The summed E-state index contributed by atoms with van der Waals surface area (Å²) in [6.07, 6.45) is 5.84. The zero-order chi connectivity index (χ0) is 7.68. The molecule has 0 fully saturated rings. The average molecular weight is 148 g/mol. The van der Waals surface area contributed by atoms with E-state index in [1.54, 1.807) is 16.9 Å². The minimum Gasteiger partial charge on any atom is -0.446 e. The lowest BCUT2D eigenvalue weighted by atomic mass is 10.5. The van der Waals surface area contributed by atoms with Gasteiger partial charge in [0.15, 0.2) is 12.2 Å². The van der Waals surface area contributed by atoms with E-state index in [2.05, 4.69) is 16.3 Å². The SMILES string of the molecule is Cc1ocnc1-n1cc[c]n1. The first-order chi connectivity index (χ1) is 5.38. The van der Waals surface area contributed by atoms with Crippen molar-refractivity contribution in [2.24, 2.45) is 0 Å². The van der Waals surface area contributed by atoms with Gasteiger partial charge in [-0.05, 0) is 13.0 Å². The number of oxazole rings is 1. The Morgan fingerprint density at radius 2 is 2.55 bits per heavy atom. The summed E-state index contributed by atoms with van der Waals surface area (Å²) in [5.74, 6) is 1.47. The highest BCUT2D eigenvalue weighted by molar-refractivity contribution is 5.22. The van der Waals surface area contributed by atoms with Crippen LogP contribution in [0.15, 0.2) is 23.1 Å². The molecule has 0 N–H and O–H groups in total. The molecule has 4 nitrogen and oxygen atoms in total. The van der Waals surface area contributed by atoms with Gasteiger partial charge in [0.2, 0.25) is 0 Å². The van der Waals surface area contributed by atoms with Gasteiger partial charge in [-0.2, -0.15) is 10.1 Å². The van der Waals surface area contributed by atoms with Gasteiger partial charge in [0.25, 0.3) is 0 Å². The fourth-order valence-corrected chi connectivity index (χ4v) is 0.870. The second-order valence-corrected chi connectivity index (χ2v) is 2.12. The highest BCUT2D eigenvalue weighted by Gasteiger charge is 2.03. The van der Waals surface area contributed by atoms with Crippen molar-refractivity contribution in [2.45, 2.75) is 6.92 Å². The van der Waals surface area contributed by atoms with E-state index in [1.165, 1.54) is 6.39 Å². The molecular formula is C7H6N3O. The van der Waals surface area contributed by atoms with E-state index in [4.69, 9.17) is 4.42 Å². The molecule has 0 amide bonds. The van der Waals surface area contributed by atoms with Crippen LogP contribution in [0.5, 0.6) is 0 Å². The minimum absolute atomic E-state index is 0.714. The Bertz CT molecular complexity index is 336. The Labute approximate surface area is 63.5 Å². The van der Waals surface area contributed by atoms with Gasteiger partial charge in [-0.15, -0.1) is 0 Å². The van der Waals surface area contributed by atoms with Crippen molar-refractivity contribution in [2.75, 3.05) is 0 Å². The van der Waals surface area contributed by atoms with Crippen molar-refractivity contribution >= 4 is 0 Å². The Morgan fingerprint density at radius 3 is 3.09 bits per heavy atom. The van der Waals surface area contributed by atoms with E-state index in [1.807, 2.05) is 6.92 Å². The third kappa shape index (κ3) is 0.920. The van der Waals surface area contributed by atoms with Crippen molar-refractivity contribution in [3.05, 3.63) is 30.6 Å². The first-order valence-electron chi connectivity index (χ1n) is 3.20. The van der Waals surface area contributed by atoms with Crippen LogP contribution in [0.25, 0.3) is 5.82 Å². The third-order valence-corrected chi connectivity index (χ3v) is 1.39. The summed E-state index contributed by atoms with van der Waals surface area (Å²) < 4.78 is 6.61. The van der Waals surface area contributed by atoms with Crippen molar-refractivity contribution in [1.82, 2.24) is 14.8 Å². The van der Waals surface area contributed by atoms with Crippen LogP contribution in [-0.4, -0.2) is 14.8 Å². The smallest absolute Gasteiger partial charge is 0.195 e. The molecule has 0 spiro atoms. The molecule has 1 radical (unpaired) electrons. The topological polar surface area (TPSA) is 43.9 Å². The number of hydrogen-bond donors (Lipinski definition) is 0. The average Bonchev–Trinajstić information content (AvgIpc) is 2.55. The second kappa shape index (κ2) is 2.23. The molecule has 0 unspecified atom stereocenters. The van der Waals surface area contributed by atoms with Crippen LogP contribution in [0.3, 0.4) is 0 Å². The van der Waals surface area contributed by atoms with E-state index in [-0.39, 0.29) is 0 Å². The van der Waals surface area contributed by atoms with Crippen LogP contribution in [-0.2, 0) is 0 Å². The molecule has 0 aliphatic heterocycles. The minimum atomic E-state index is 0.714. The maximum absolute atomic E-state index is 5.00. The van der Waals surface area contributed by atoms with E-state index in [9.17, 15) is 0 Å². The molecule has 11 heavy (non-hydrogen) atoms.